The molecule has 2 aromatic heterocycles. The lowest BCUT2D eigenvalue weighted by molar-refractivity contribution is -0.0295. The topological polar surface area (TPSA) is 128 Å². The standard InChI is InChI=1S/C24H30N4OS.CH2O3/c1-15-6-5-7-19(11-15)24(4,29)22-26-14-21(30-22)18-10-16(2)12-20(13-18)28-23-25-9-8-17(3)27-23;2-1(3)4/h8-10,12-15,19,29H,5-7,11H2,1-4H3,(H,25,27,28);(H2,2,3,4)/t15-,19+,24+;/m0./s1. The molecular formula is C25H32N4O4S. The fourth-order valence-corrected chi connectivity index (χ4v) is 5.42. The molecule has 2 heterocycles. The molecule has 182 valence electrons. The normalized spacial score (nSPS) is 19.4. The highest BCUT2D eigenvalue weighted by Gasteiger charge is 2.38. The van der Waals surface area contributed by atoms with E-state index >= 15 is 0 Å². The zero-order chi connectivity index (χ0) is 24.9. The summed E-state index contributed by atoms with van der Waals surface area (Å²) in [6.45, 7) is 8.25. The zero-order valence-electron chi connectivity index (χ0n) is 19.9. The van der Waals surface area contributed by atoms with Crippen LogP contribution in [0.4, 0.5) is 16.4 Å². The molecule has 3 aromatic rings. The molecule has 0 bridgehead atoms. The van der Waals surface area contributed by atoms with Crippen LogP contribution in [0.2, 0.25) is 0 Å². The maximum Gasteiger partial charge on any atom is 0.503 e. The SMILES string of the molecule is Cc1cc(Nc2nccc(C)n2)cc(-c2cnc([C@](C)(O)[C@@H]3CCC[C@H](C)C3)s2)c1.O=C(O)O. The van der Waals surface area contributed by atoms with Gasteiger partial charge >= 0.3 is 6.16 Å². The van der Waals surface area contributed by atoms with Gasteiger partial charge in [0.05, 0.1) is 4.88 Å². The molecule has 1 aromatic carbocycles. The maximum atomic E-state index is 11.3. The number of carboxylic acid groups (broad SMARTS) is 2. The van der Waals surface area contributed by atoms with Gasteiger partial charge in [-0.1, -0.05) is 25.8 Å². The summed E-state index contributed by atoms with van der Waals surface area (Å²) in [7, 11) is 0. The second-order valence-corrected chi connectivity index (χ2v) is 10.2. The Labute approximate surface area is 203 Å². The number of aryl methyl sites for hydroxylation is 2. The van der Waals surface area contributed by atoms with Gasteiger partial charge in [0.15, 0.2) is 0 Å². The first-order valence-corrected chi connectivity index (χ1v) is 12.2. The van der Waals surface area contributed by atoms with Gasteiger partial charge in [-0.2, -0.15) is 0 Å². The average molecular weight is 485 g/mol. The quantitative estimate of drug-likeness (QED) is 0.336. The molecule has 3 atom stereocenters. The van der Waals surface area contributed by atoms with Crippen molar-refractivity contribution in [1.29, 1.82) is 0 Å². The van der Waals surface area contributed by atoms with Crippen molar-refractivity contribution < 1.29 is 20.1 Å². The third-order valence-electron chi connectivity index (χ3n) is 6.08. The van der Waals surface area contributed by atoms with Crippen molar-refractivity contribution in [2.24, 2.45) is 11.8 Å². The number of anilines is 2. The number of rotatable bonds is 5. The third kappa shape index (κ3) is 6.74. The summed E-state index contributed by atoms with van der Waals surface area (Å²) >= 11 is 1.59. The maximum absolute atomic E-state index is 11.3. The Kier molecular flexibility index (Phi) is 8.22. The van der Waals surface area contributed by atoms with Crippen LogP contribution in [0, 0.1) is 25.7 Å². The number of hydrogen-bond acceptors (Lipinski definition) is 7. The summed E-state index contributed by atoms with van der Waals surface area (Å²) in [4.78, 5) is 23.0. The van der Waals surface area contributed by atoms with E-state index in [1.165, 1.54) is 12.8 Å². The van der Waals surface area contributed by atoms with Crippen LogP contribution in [0.1, 0.15) is 55.8 Å². The minimum absolute atomic E-state index is 0.272. The highest BCUT2D eigenvalue weighted by molar-refractivity contribution is 7.15. The van der Waals surface area contributed by atoms with Crippen molar-refractivity contribution in [3.63, 3.8) is 0 Å². The van der Waals surface area contributed by atoms with Gasteiger partial charge in [0, 0.05) is 23.8 Å². The number of benzene rings is 1. The molecule has 1 saturated carbocycles. The molecule has 4 N–H and O–H groups in total. The molecule has 1 fully saturated rings. The molecule has 0 radical (unpaired) electrons. The minimum atomic E-state index is -1.83. The summed E-state index contributed by atoms with van der Waals surface area (Å²) in [5.41, 5.74) is 3.22. The van der Waals surface area contributed by atoms with E-state index in [1.54, 1.807) is 17.5 Å². The monoisotopic (exact) mass is 484 g/mol. The van der Waals surface area contributed by atoms with Crippen LogP contribution in [0.3, 0.4) is 0 Å². The first-order chi connectivity index (χ1) is 16.0. The summed E-state index contributed by atoms with van der Waals surface area (Å²) < 4.78 is 0. The second-order valence-electron chi connectivity index (χ2n) is 9.16. The summed E-state index contributed by atoms with van der Waals surface area (Å²) in [5.74, 6) is 1.53. The van der Waals surface area contributed by atoms with Crippen molar-refractivity contribution in [2.75, 3.05) is 5.32 Å². The van der Waals surface area contributed by atoms with Crippen LogP contribution in [-0.4, -0.2) is 36.4 Å². The van der Waals surface area contributed by atoms with Crippen LogP contribution >= 0.6 is 11.3 Å². The number of aromatic nitrogens is 3. The van der Waals surface area contributed by atoms with Crippen LogP contribution in [0.25, 0.3) is 10.4 Å². The van der Waals surface area contributed by atoms with Crippen LogP contribution in [0.5, 0.6) is 0 Å². The summed E-state index contributed by atoms with van der Waals surface area (Å²) in [6, 6.07) is 8.20. The number of carbonyl (C=O) groups is 1. The molecule has 34 heavy (non-hydrogen) atoms. The molecule has 9 heteroatoms. The molecule has 0 spiro atoms. The third-order valence-corrected chi connectivity index (χ3v) is 7.36. The number of nitrogens with zero attached hydrogens (tertiary/aromatic N) is 3. The largest absolute Gasteiger partial charge is 0.503 e. The van der Waals surface area contributed by atoms with Crippen molar-refractivity contribution in [2.45, 2.75) is 59.0 Å². The highest BCUT2D eigenvalue weighted by atomic mass is 32.1. The lowest BCUT2D eigenvalue weighted by Crippen LogP contribution is -2.34. The molecule has 1 aliphatic carbocycles. The van der Waals surface area contributed by atoms with Gasteiger partial charge in [-0.25, -0.2) is 19.7 Å². The van der Waals surface area contributed by atoms with E-state index in [9.17, 15) is 5.11 Å². The summed E-state index contributed by atoms with van der Waals surface area (Å²) in [6.07, 6.45) is 6.40. The molecule has 0 unspecified atom stereocenters. The number of nitrogens with one attached hydrogen (secondary N) is 1. The molecule has 0 amide bonds. The predicted molar refractivity (Wildman–Crippen MR) is 134 cm³/mol. The molecule has 4 rings (SSSR count). The van der Waals surface area contributed by atoms with Gasteiger partial charge in [0.1, 0.15) is 10.6 Å². The molecule has 0 aliphatic heterocycles. The van der Waals surface area contributed by atoms with Gasteiger partial charge in [0.2, 0.25) is 5.95 Å². The molecular weight excluding hydrogens is 452 g/mol. The highest BCUT2D eigenvalue weighted by Crippen LogP contribution is 2.43. The first-order valence-electron chi connectivity index (χ1n) is 11.3. The van der Waals surface area contributed by atoms with Gasteiger partial charge < -0.3 is 20.6 Å². The zero-order valence-corrected chi connectivity index (χ0v) is 20.8. The summed E-state index contributed by atoms with van der Waals surface area (Å²) in [5, 5.41) is 29.4. The van der Waals surface area contributed by atoms with Crippen molar-refractivity contribution in [1.82, 2.24) is 15.0 Å². The second kappa shape index (κ2) is 10.9. The fraction of sp³-hybridized carbons (Fsp3) is 0.440. The van der Waals surface area contributed by atoms with Gasteiger partial charge in [-0.15, -0.1) is 11.3 Å². The first kappa shape index (κ1) is 25.6. The smallest absolute Gasteiger partial charge is 0.450 e. The van der Waals surface area contributed by atoms with Gasteiger partial charge in [0.25, 0.3) is 0 Å². The minimum Gasteiger partial charge on any atom is -0.450 e. The van der Waals surface area contributed by atoms with Crippen LogP contribution in [0.15, 0.2) is 36.7 Å². The van der Waals surface area contributed by atoms with Crippen molar-refractivity contribution >= 4 is 29.1 Å². The van der Waals surface area contributed by atoms with Crippen LogP contribution < -0.4 is 5.32 Å². The van der Waals surface area contributed by atoms with Gasteiger partial charge in [-0.05, 0) is 74.8 Å². The Morgan fingerprint density at radius 1 is 1.18 bits per heavy atom. The Bertz CT molecular complexity index is 1130. The number of hydrogen-bond donors (Lipinski definition) is 4. The lowest BCUT2D eigenvalue weighted by atomic mass is 9.74. The number of thiazole rings is 1. The molecule has 1 aliphatic rings. The van der Waals surface area contributed by atoms with Crippen LogP contribution in [-0.2, 0) is 5.60 Å². The Morgan fingerprint density at radius 2 is 1.91 bits per heavy atom. The predicted octanol–water partition coefficient (Wildman–Crippen LogP) is 6.22. The van der Waals surface area contributed by atoms with Crippen molar-refractivity contribution in [3.8, 4) is 10.4 Å². The molecule has 0 saturated heterocycles. The van der Waals surface area contributed by atoms with E-state index in [4.69, 9.17) is 15.0 Å². The average Bonchev–Trinajstić information content (AvgIpc) is 3.24. The van der Waals surface area contributed by atoms with E-state index in [2.05, 4.69) is 52.3 Å². The van der Waals surface area contributed by atoms with Gasteiger partial charge in [-0.3, -0.25) is 0 Å². The van der Waals surface area contributed by atoms with Crippen molar-refractivity contribution in [3.05, 3.63) is 52.9 Å². The van der Waals surface area contributed by atoms with E-state index in [-0.39, 0.29) is 5.92 Å². The fourth-order valence-electron chi connectivity index (χ4n) is 4.40. The Balaban J connectivity index is 0.000000751. The lowest BCUT2D eigenvalue weighted by Gasteiger charge is -2.36. The van der Waals surface area contributed by atoms with E-state index in [0.29, 0.717) is 11.9 Å². The number of aliphatic hydroxyl groups is 1. The van der Waals surface area contributed by atoms with E-state index in [1.807, 2.05) is 26.1 Å². The van der Waals surface area contributed by atoms with E-state index < -0.39 is 11.8 Å². The Hall–Kier alpha value is -3.04. The van der Waals surface area contributed by atoms with E-state index in [0.717, 1.165) is 45.2 Å². The molecule has 8 nitrogen and oxygen atoms in total. The Morgan fingerprint density at radius 3 is 2.59 bits per heavy atom.